The first-order valence-electron chi connectivity index (χ1n) is 8.85. The molecule has 4 heteroatoms. The van der Waals surface area contributed by atoms with Crippen LogP contribution in [0.15, 0.2) is 73.1 Å². The molecule has 0 saturated carbocycles. The van der Waals surface area contributed by atoms with Crippen molar-refractivity contribution in [1.82, 2.24) is 4.57 Å². The fourth-order valence-corrected chi connectivity index (χ4v) is 3.13. The summed E-state index contributed by atoms with van der Waals surface area (Å²) < 4.78 is 7.40. The molecule has 1 atom stereocenters. The molecular weight excluding hydrogens is 324 g/mol. The van der Waals surface area contributed by atoms with Crippen molar-refractivity contribution in [2.24, 2.45) is 0 Å². The van der Waals surface area contributed by atoms with E-state index in [1.165, 1.54) is 0 Å². The van der Waals surface area contributed by atoms with Crippen molar-refractivity contribution in [3.63, 3.8) is 0 Å². The summed E-state index contributed by atoms with van der Waals surface area (Å²) >= 11 is 0. The maximum Gasteiger partial charge on any atom is 0.226 e. The van der Waals surface area contributed by atoms with E-state index in [0.717, 1.165) is 29.0 Å². The van der Waals surface area contributed by atoms with Gasteiger partial charge in [-0.05, 0) is 47.9 Å². The Bertz CT molecular complexity index is 856. The SMILES string of the molecule is CCc1ccccc1NC(=O)C[C@H](c1cccc(OC)c1)n1cccc1. The molecule has 0 unspecified atom stereocenters. The van der Waals surface area contributed by atoms with Gasteiger partial charge in [0, 0.05) is 18.1 Å². The summed E-state index contributed by atoms with van der Waals surface area (Å²) in [7, 11) is 1.65. The van der Waals surface area contributed by atoms with E-state index < -0.39 is 0 Å². The van der Waals surface area contributed by atoms with Crippen LogP contribution in [0.25, 0.3) is 0 Å². The van der Waals surface area contributed by atoms with Crippen molar-refractivity contribution in [3.05, 3.63) is 84.2 Å². The number of carbonyl (C=O) groups excluding carboxylic acids is 1. The first-order chi connectivity index (χ1) is 12.7. The molecule has 0 aliphatic heterocycles. The summed E-state index contributed by atoms with van der Waals surface area (Å²) in [5, 5.41) is 3.07. The smallest absolute Gasteiger partial charge is 0.226 e. The quantitative estimate of drug-likeness (QED) is 0.674. The molecule has 0 spiro atoms. The lowest BCUT2D eigenvalue weighted by atomic mass is 10.0. The lowest BCUT2D eigenvalue weighted by Gasteiger charge is -2.20. The van der Waals surface area contributed by atoms with Gasteiger partial charge in [-0.25, -0.2) is 0 Å². The molecule has 0 saturated heterocycles. The van der Waals surface area contributed by atoms with Crippen molar-refractivity contribution in [3.8, 4) is 5.75 Å². The monoisotopic (exact) mass is 348 g/mol. The maximum atomic E-state index is 12.8. The highest BCUT2D eigenvalue weighted by atomic mass is 16.5. The lowest BCUT2D eigenvalue weighted by Crippen LogP contribution is -2.20. The zero-order chi connectivity index (χ0) is 18.4. The van der Waals surface area contributed by atoms with Gasteiger partial charge in [0.05, 0.1) is 19.6 Å². The number of nitrogens with zero attached hydrogens (tertiary/aromatic N) is 1. The summed E-state index contributed by atoms with van der Waals surface area (Å²) in [6, 6.07) is 19.7. The number of aromatic nitrogens is 1. The van der Waals surface area contributed by atoms with Gasteiger partial charge in [-0.1, -0.05) is 37.3 Å². The zero-order valence-corrected chi connectivity index (χ0v) is 15.2. The van der Waals surface area contributed by atoms with Crippen LogP contribution in [-0.4, -0.2) is 17.6 Å². The number of methoxy groups -OCH3 is 1. The van der Waals surface area contributed by atoms with Crippen molar-refractivity contribution in [1.29, 1.82) is 0 Å². The van der Waals surface area contributed by atoms with Gasteiger partial charge in [-0.2, -0.15) is 0 Å². The van der Waals surface area contributed by atoms with Gasteiger partial charge in [0.25, 0.3) is 0 Å². The molecule has 1 amide bonds. The minimum Gasteiger partial charge on any atom is -0.497 e. The van der Waals surface area contributed by atoms with E-state index in [4.69, 9.17) is 4.74 Å². The molecule has 26 heavy (non-hydrogen) atoms. The third-order valence-corrected chi connectivity index (χ3v) is 4.52. The van der Waals surface area contributed by atoms with E-state index in [1.54, 1.807) is 7.11 Å². The Morgan fingerprint density at radius 1 is 1.08 bits per heavy atom. The Morgan fingerprint density at radius 2 is 1.85 bits per heavy atom. The predicted octanol–water partition coefficient (Wildman–Crippen LogP) is 4.68. The number of carbonyl (C=O) groups is 1. The Labute approximate surface area is 154 Å². The van der Waals surface area contributed by atoms with Crippen molar-refractivity contribution in [2.45, 2.75) is 25.8 Å². The Balaban J connectivity index is 1.83. The van der Waals surface area contributed by atoms with Crippen LogP contribution in [0.1, 0.15) is 30.5 Å². The summed E-state index contributed by atoms with van der Waals surface area (Å²) in [4.78, 5) is 12.8. The largest absolute Gasteiger partial charge is 0.497 e. The zero-order valence-electron chi connectivity index (χ0n) is 15.2. The molecule has 1 N–H and O–H groups in total. The van der Waals surface area contributed by atoms with E-state index >= 15 is 0 Å². The van der Waals surface area contributed by atoms with Crippen LogP contribution in [0.5, 0.6) is 5.75 Å². The number of hydrogen-bond acceptors (Lipinski definition) is 2. The van der Waals surface area contributed by atoms with Gasteiger partial charge in [0.1, 0.15) is 5.75 Å². The van der Waals surface area contributed by atoms with Gasteiger partial charge in [-0.15, -0.1) is 0 Å². The fraction of sp³-hybridized carbons (Fsp3) is 0.227. The van der Waals surface area contributed by atoms with Gasteiger partial charge >= 0.3 is 0 Å². The second kappa shape index (κ2) is 8.39. The van der Waals surface area contributed by atoms with E-state index in [1.807, 2.05) is 73.1 Å². The number of para-hydroxylation sites is 1. The minimum absolute atomic E-state index is 0.00702. The number of aryl methyl sites for hydroxylation is 1. The Kier molecular flexibility index (Phi) is 5.74. The normalized spacial score (nSPS) is 11.8. The molecule has 3 aromatic rings. The summed E-state index contributed by atoms with van der Waals surface area (Å²) in [5.74, 6) is 0.781. The van der Waals surface area contributed by atoms with Gasteiger partial charge in [0.15, 0.2) is 0 Å². The van der Waals surface area contributed by atoms with Gasteiger partial charge in [0.2, 0.25) is 5.91 Å². The number of ether oxygens (including phenoxy) is 1. The third-order valence-electron chi connectivity index (χ3n) is 4.52. The highest BCUT2D eigenvalue weighted by Crippen LogP contribution is 2.26. The van der Waals surface area contributed by atoms with E-state index in [0.29, 0.717) is 6.42 Å². The standard InChI is InChI=1S/C22H24N2O2/c1-3-17-9-4-5-12-20(17)23-22(25)16-21(24-13-6-7-14-24)18-10-8-11-19(15-18)26-2/h4-15,21H,3,16H2,1-2H3,(H,23,25)/t21-/m1/s1. The number of benzene rings is 2. The molecule has 0 radical (unpaired) electrons. The second-order valence-corrected chi connectivity index (χ2v) is 6.19. The van der Waals surface area contributed by atoms with Crippen molar-refractivity contribution < 1.29 is 9.53 Å². The molecule has 0 aliphatic carbocycles. The third kappa shape index (κ3) is 4.14. The number of anilines is 1. The highest BCUT2D eigenvalue weighted by Gasteiger charge is 2.18. The molecule has 0 bridgehead atoms. The average molecular weight is 348 g/mol. The van der Waals surface area contributed by atoms with E-state index in [9.17, 15) is 4.79 Å². The first-order valence-corrected chi connectivity index (χ1v) is 8.85. The summed E-state index contributed by atoms with van der Waals surface area (Å²) in [6.07, 6.45) is 5.20. The molecule has 134 valence electrons. The van der Waals surface area contributed by atoms with Crippen molar-refractivity contribution in [2.75, 3.05) is 12.4 Å². The molecule has 0 fully saturated rings. The van der Waals surface area contributed by atoms with Crippen LogP contribution in [0.2, 0.25) is 0 Å². The molecular formula is C22H24N2O2. The number of nitrogens with one attached hydrogen (secondary N) is 1. The maximum absolute atomic E-state index is 12.8. The van der Waals surface area contributed by atoms with Crippen LogP contribution in [0.3, 0.4) is 0 Å². The molecule has 0 aliphatic rings. The molecule has 3 rings (SSSR count). The Hall–Kier alpha value is -3.01. The lowest BCUT2D eigenvalue weighted by molar-refractivity contribution is -0.116. The van der Waals surface area contributed by atoms with Crippen LogP contribution in [0, 0.1) is 0 Å². The van der Waals surface area contributed by atoms with Crippen LogP contribution < -0.4 is 10.1 Å². The van der Waals surface area contributed by atoms with E-state index in [-0.39, 0.29) is 11.9 Å². The van der Waals surface area contributed by atoms with Crippen LogP contribution >= 0.6 is 0 Å². The number of amides is 1. The second-order valence-electron chi connectivity index (χ2n) is 6.19. The Morgan fingerprint density at radius 3 is 2.58 bits per heavy atom. The summed E-state index contributed by atoms with van der Waals surface area (Å²) in [5.41, 5.74) is 3.07. The highest BCUT2D eigenvalue weighted by molar-refractivity contribution is 5.92. The topological polar surface area (TPSA) is 43.3 Å². The fourth-order valence-electron chi connectivity index (χ4n) is 3.13. The summed E-state index contributed by atoms with van der Waals surface area (Å²) in [6.45, 7) is 2.09. The number of rotatable bonds is 7. The predicted molar refractivity (Wildman–Crippen MR) is 105 cm³/mol. The van der Waals surface area contributed by atoms with Crippen LogP contribution in [0.4, 0.5) is 5.69 Å². The van der Waals surface area contributed by atoms with Gasteiger partial charge in [-0.3, -0.25) is 4.79 Å². The minimum atomic E-state index is -0.0890. The van der Waals surface area contributed by atoms with Crippen LogP contribution in [-0.2, 0) is 11.2 Å². The average Bonchev–Trinajstić information content (AvgIpc) is 3.21. The molecule has 4 nitrogen and oxygen atoms in total. The van der Waals surface area contributed by atoms with E-state index in [2.05, 4.69) is 16.8 Å². The molecule has 1 heterocycles. The molecule has 2 aromatic carbocycles. The molecule has 1 aromatic heterocycles. The number of hydrogen-bond donors (Lipinski definition) is 1. The van der Waals surface area contributed by atoms with Gasteiger partial charge < -0.3 is 14.6 Å². The van der Waals surface area contributed by atoms with Crippen molar-refractivity contribution >= 4 is 11.6 Å². The first kappa shape index (κ1) is 17.8.